The van der Waals surface area contributed by atoms with Crippen LogP contribution in [-0.2, 0) is 5.41 Å². The predicted molar refractivity (Wildman–Crippen MR) is 123 cm³/mol. The van der Waals surface area contributed by atoms with Crippen LogP contribution in [0.5, 0.6) is 0 Å². The molecule has 0 atom stereocenters. The highest BCUT2D eigenvalue weighted by molar-refractivity contribution is 7.99. The lowest BCUT2D eigenvalue weighted by molar-refractivity contribution is 0.750. The second kappa shape index (κ2) is 8.68. The van der Waals surface area contributed by atoms with Crippen LogP contribution in [0, 0.1) is 0 Å². The molecule has 0 spiro atoms. The molecule has 27 heavy (non-hydrogen) atoms. The van der Waals surface area contributed by atoms with Crippen LogP contribution in [0.2, 0.25) is 5.02 Å². The van der Waals surface area contributed by atoms with Gasteiger partial charge in [-0.15, -0.1) is 11.3 Å². The lowest BCUT2D eigenvalue weighted by Gasteiger charge is -2.08. The second-order valence-electron chi connectivity index (χ2n) is 6.69. The van der Waals surface area contributed by atoms with Crippen LogP contribution < -0.4 is 4.72 Å². The number of halogens is 1. The van der Waals surface area contributed by atoms with Crippen molar-refractivity contribution < 1.29 is 0 Å². The van der Waals surface area contributed by atoms with Crippen LogP contribution in [0.3, 0.4) is 0 Å². The summed E-state index contributed by atoms with van der Waals surface area (Å²) in [6, 6.07) is 12.7. The van der Waals surface area contributed by atoms with Gasteiger partial charge in [-0.3, -0.25) is 4.98 Å². The first-order chi connectivity index (χ1) is 13.1. The van der Waals surface area contributed by atoms with Gasteiger partial charge in [0, 0.05) is 39.7 Å². The molecule has 0 aliphatic heterocycles. The number of aromatic nitrogens is 1. The predicted octanol–water partition coefficient (Wildman–Crippen LogP) is 7.90. The third kappa shape index (κ3) is 4.50. The van der Waals surface area contributed by atoms with Crippen LogP contribution in [0.15, 0.2) is 48.0 Å². The first-order valence-electron chi connectivity index (χ1n) is 9.23. The maximum atomic E-state index is 6.50. The van der Waals surface area contributed by atoms with E-state index in [2.05, 4.69) is 52.3 Å². The first-order valence-corrected chi connectivity index (χ1v) is 11.7. The van der Waals surface area contributed by atoms with Crippen molar-refractivity contribution in [3.05, 3.63) is 58.7 Å². The number of nitrogens with zero attached hydrogens (tertiary/aromatic N) is 1. The van der Waals surface area contributed by atoms with E-state index < -0.39 is 0 Å². The largest absolute Gasteiger partial charge is 0.330 e. The summed E-state index contributed by atoms with van der Waals surface area (Å²) in [4.78, 5) is 5.77. The first kappa shape index (κ1) is 20.2. The van der Waals surface area contributed by atoms with Gasteiger partial charge in [0.05, 0.1) is 5.02 Å². The van der Waals surface area contributed by atoms with Crippen molar-refractivity contribution in [3.63, 3.8) is 0 Å². The molecule has 1 aromatic carbocycles. The number of anilines is 1. The Hall–Kier alpha value is -1.49. The summed E-state index contributed by atoms with van der Waals surface area (Å²) < 4.78 is 3.21. The summed E-state index contributed by atoms with van der Waals surface area (Å²) in [5.41, 5.74) is 6.07. The van der Waals surface area contributed by atoms with E-state index in [-0.39, 0.29) is 5.41 Å². The Labute approximate surface area is 175 Å². The number of hydrogen-bond acceptors (Lipinski definition) is 4. The summed E-state index contributed by atoms with van der Waals surface area (Å²) in [6.45, 7) is 6.29. The maximum Gasteiger partial charge on any atom is 0.0513 e. The fourth-order valence-electron chi connectivity index (χ4n) is 2.91. The van der Waals surface area contributed by atoms with Gasteiger partial charge in [-0.2, -0.15) is 0 Å². The van der Waals surface area contributed by atoms with Crippen molar-refractivity contribution in [3.8, 4) is 21.6 Å². The van der Waals surface area contributed by atoms with E-state index in [1.54, 1.807) is 23.3 Å². The van der Waals surface area contributed by atoms with E-state index in [1.807, 2.05) is 32.4 Å². The number of hydrogen-bond donors (Lipinski definition) is 1. The number of nitrogens with one attached hydrogen (secondary N) is 1. The third-order valence-corrected chi connectivity index (χ3v) is 6.48. The molecule has 0 unspecified atom stereocenters. The normalized spacial score (nSPS) is 14.3. The second-order valence-corrected chi connectivity index (χ2v) is 8.62. The summed E-state index contributed by atoms with van der Waals surface area (Å²) in [5.74, 6) is 0. The standard InChI is InChI=1S/C20H19ClN2S2.C2H6/c1-20(6-7-20)19-10-13(5-8-22-19)14-9-18(25-12-14)16-4-3-15(23-24-2)11-17(16)21;1-2/h3-5,8-12,23H,6-7H2,1-2H3;1-2H3. The van der Waals surface area contributed by atoms with Crippen LogP contribution >= 0.6 is 34.9 Å². The summed E-state index contributed by atoms with van der Waals surface area (Å²) in [7, 11) is 0. The molecule has 0 bridgehead atoms. The Kier molecular flexibility index (Phi) is 6.51. The lowest BCUT2D eigenvalue weighted by Crippen LogP contribution is -2.02. The van der Waals surface area contributed by atoms with Crippen molar-refractivity contribution in [1.82, 2.24) is 4.98 Å². The highest BCUT2D eigenvalue weighted by atomic mass is 35.5. The molecule has 1 saturated carbocycles. The van der Waals surface area contributed by atoms with E-state index in [9.17, 15) is 0 Å². The van der Waals surface area contributed by atoms with Gasteiger partial charge < -0.3 is 4.72 Å². The monoisotopic (exact) mass is 416 g/mol. The zero-order valence-corrected chi connectivity index (χ0v) is 18.6. The van der Waals surface area contributed by atoms with Crippen molar-refractivity contribution >= 4 is 40.6 Å². The molecule has 1 aliphatic carbocycles. The maximum absolute atomic E-state index is 6.50. The van der Waals surface area contributed by atoms with Gasteiger partial charge in [-0.25, -0.2) is 0 Å². The van der Waals surface area contributed by atoms with Crippen molar-refractivity contribution in [2.45, 2.75) is 39.0 Å². The van der Waals surface area contributed by atoms with Crippen LogP contribution in [0.25, 0.3) is 21.6 Å². The number of benzene rings is 1. The summed E-state index contributed by atoms with van der Waals surface area (Å²) in [5, 5.41) is 2.97. The van der Waals surface area contributed by atoms with Gasteiger partial charge in [0.15, 0.2) is 0 Å². The van der Waals surface area contributed by atoms with Gasteiger partial charge >= 0.3 is 0 Å². The Bertz CT molecular complexity index is 916. The molecule has 1 aliphatic rings. The Balaban J connectivity index is 0.00000102. The molecule has 5 heteroatoms. The fraction of sp³-hybridized carbons (Fsp3) is 0.318. The minimum Gasteiger partial charge on any atom is -0.330 e. The minimum atomic E-state index is 0.290. The molecule has 142 valence electrons. The van der Waals surface area contributed by atoms with Gasteiger partial charge in [0.25, 0.3) is 0 Å². The SMILES string of the molecule is CC.CSNc1ccc(-c2cc(-c3ccnc(C4(C)CC4)c3)cs2)c(Cl)c1. The van der Waals surface area contributed by atoms with Crippen LogP contribution in [0.4, 0.5) is 5.69 Å². The minimum absolute atomic E-state index is 0.290. The Morgan fingerprint density at radius 3 is 2.56 bits per heavy atom. The quantitative estimate of drug-likeness (QED) is 0.428. The molecule has 2 heterocycles. The molecule has 2 nitrogen and oxygen atoms in total. The van der Waals surface area contributed by atoms with Gasteiger partial charge in [-0.1, -0.05) is 44.3 Å². The Morgan fingerprint density at radius 1 is 1.11 bits per heavy atom. The molecule has 3 aromatic rings. The van der Waals surface area contributed by atoms with Gasteiger partial charge in [0.1, 0.15) is 0 Å². The molecule has 2 aromatic heterocycles. The average molecular weight is 417 g/mol. The van der Waals surface area contributed by atoms with E-state index in [4.69, 9.17) is 11.6 Å². The van der Waals surface area contributed by atoms with E-state index in [0.717, 1.165) is 16.3 Å². The number of pyridine rings is 1. The van der Waals surface area contributed by atoms with E-state index in [0.29, 0.717) is 0 Å². The smallest absolute Gasteiger partial charge is 0.0513 e. The molecule has 0 saturated heterocycles. The topological polar surface area (TPSA) is 24.9 Å². The molecule has 4 rings (SSSR count). The number of thiophene rings is 1. The highest BCUT2D eigenvalue weighted by Gasteiger charge is 2.40. The molecular weight excluding hydrogens is 392 g/mol. The summed E-state index contributed by atoms with van der Waals surface area (Å²) in [6.07, 6.45) is 6.41. The molecule has 1 fully saturated rings. The lowest BCUT2D eigenvalue weighted by atomic mass is 10.0. The highest BCUT2D eigenvalue weighted by Crippen LogP contribution is 2.47. The van der Waals surface area contributed by atoms with Gasteiger partial charge in [0.2, 0.25) is 0 Å². The molecule has 0 amide bonds. The molecule has 1 N–H and O–H groups in total. The van der Waals surface area contributed by atoms with E-state index in [1.165, 1.54) is 34.5 Å². The molecular formula is C22H25ClN2S2. The zero-order valence-electron chi connectivity index (χ0n) is 16.2. The fourth-order valence-corrected chi connectivity index (χ4v) is 4.57. The van der Waals surface area contributed by atoms with Crippen molar-refractivity contribution in [2.24, 2.45) is 0 Å². The van der Waals surface area contributed by atoms with Crippen LogP contribution in [-0.4, -0.2) is 11.2 Å². The van der Waals surface area contributed by atoms with Gasteiger partial charge in [-0.05, 0) is 65.7 Å². The van der Waals surface area contributed by atoms with Crippen molar-refractivity contribution in [1.29, 1.82) is 0 Å². The Morgan fingerprint density at radius 2 is 1.89 bits per heavy atom. The third-order valence-electron chi connectivity index (χ3n) is 4.77. The van der Waals surface area contributed by atoms with Crippen LogP contribution in [0.1, 0.15) is 39.3 Å². The zero-order chi connectivity index (χ0) is 19.4. The van der Waals surface area contributed by atoms with E-state index >= 15 is 0 Å². The average Bonchev–Trinajstić information content (AvgIpc) is 3.26. The van der Waals surface area contributed by atoms with Crippen molar-refractivity contribution in [2.75, 3.05) is 11.0 Å². The summed E-state index contributed by atoms with van der Waals surface area (Å²) >= 11 is 9.79. The number of rotatable bonds is 5. The molecule has 0 radical (unpaired) electrons.